The van der Waals surface area contributed by atoms with Crippen LogP contribution in [0.15, 0.2) is 72.9 Å². The second-order valence-electron chi connectivity index (χ2n) is 8.05. The molecule has 0 amide bonds. The summed E-state index contributed by atoms with van der Waals surface area (Å²) in [7, 11) is 0. The van der Waals surface area contributed by atoms with Crippen molar-refractivity contribution in [3.05, 3.63) is 100 Å². The van der Waals surface area contributed by atoms with E-state index in [1.807, 2.05) is 85.3 Å². The molecule has 0 saturated carbocycles. The number of aromatic nitrogens is 1. The van der Waals surface area contributed by atoms with Gasteiger partial charge in [-0.25, -0.2) is 4.79 Å². The Morgan fingerprint density at radius 2 is 1.69 bits per heavy atom. The minimum atomic E-state index is -0.875. The third-order valence-corrected chi connectivity index (χ3v) is 6.32. The number of para-hydroxylation sites is 1. The van der Waals surface area contributed by atoms with Gasteiger partial charge >= 0.3 is 5.97 Å². The van der Waals surface area contributed by atoms with Crippen molar-refractivity contribution in [2.24, 2.45) is 0 Å². The van der Waals surface area contributed by atoms with E-state index in [0.29, 0.717) is 6.61 Å². The summed E-state index contributed by atoms with van der Waals surface area (Å²) in [6.07, 6.45) is 3.59. The van der Waals surface area contributed by atoms with Crippen molar-refractivity contribution in [2.45, 2.75) is 32.7 Å². The van der Waals surface area contributed by atoms with Crippen molar-refractivity contribution >= 4 is 28.5 Å². The molecule has 3 aromatic carbocycles. The van der Waals surface area contributed by atoms with Gasteiger partial charge in [-0.1, -0.05) is 60.1 Å². The quantitative estimate of drug-likeness (QED) is 0.310. The molecule has 4 aromatic rings. The Morgan fingerprint density at radius 3 is 2.38 bits per heavy atom. The van der Waals surface area contributed by atoms with Gasteiger partial charge in [-0.3, -0.25) is 0 Å². The molecule has 32 heavy (non-hydrogen) atoms. The van der Waals surface area contributed by atoms with Crippen LogP contribution in [0.3, 0.4) is 0 Å². The molecule has 0 fully saturated rings. The topological polar surface area (TPSA) is 51.5 Å². The van der Waals surface area contributed by atoms with Crippen molar-refractivity contribution in [2.75, 3.05) is 6.61 Å². The average molecular weight is 448 g/mol. The van der Waals surface area contributed by atoms with Crippen molar-refractivity contribution in [1.29, 1.82) is 0 Å². The lowest BCUT2D eigenvalue weighted by molar-refractivity contribution is -0.139. The Kier molecular flexibility index (Phi) is 6.52. The number of carboxylic acids is 1. The molecule has 0 spiro atoms. The number of benzene rings is 3. The molecule has 0 bridgehead atoms. The Bertz CT molecular complexity index is 1220. The molecule has 5 heteroatoms. The average Bonchev–Trinajstić information content (AvgIpc) is 3.14. The first kappa shape index (κ1) is 22.0. The molecule has 4 nitrogen and oxygen atoms in total. The van der Waals surface area contributed by atoms with Gasteiger partial charge in [0.2, 0.25) is 0 Å². The van der Waals surface area contributed by atoms with E-state index in [4.69, 9.17) is 16.3 Å². The zero-order valence-electron chi connectivity index (χ0n) is 18.2. The zero-order valence-corrected chi connectivity index (χ0v) is 19.0. The van der Waals surface area contributed by atoms with Crippen LogP contribution in [0.4, 0.5) is 0 Å². The van der Waals surface area contributed by atoms with E-state index in [2.05, 4.69) is 6.07 Å². The number of carboxylic acid groups (broad SMARTS) is 1. The number of nitrogens with zero attached hydrogens (tertiary/aromatic N) is 1. The van der Waals surface area contributed by atoms with Crippen molar-refractivity contribution in [3.63, 3.8) is 0 Å². The molecular formula is C27H26ClNO3. The van der Waals surface area contributed by atoms with E-state index in [-0.39, 0.29) is 0 Å². The van der Waals surface area contributed by atoms with Crippen LogP contribution in [-0.4, -0.2) is 22.2 Å². The first-order chi connectivity index (χ1) is 15.5. The first-order valence-electron chi connectivity index (χ1n) is 10.7. The molecule has 0 saturated heterocycles. The molecule has 1 atom stereocenters. The summed E-state index contributed by atoms with van der Waals surface area (Å²) in [4.78, 5) is 12.2. The lowest BCUT2D eigenvalue weighted by Crippen LogP contribution is -2.19. The smallest absolute Gasteiger partial charge is 0.331 e. The maximum absolute atomic E-state index is 12.2. The number of halogens is 1. The lowest BCUT2D eigenvalue weighted by atomic mass is 10.1. The Labute approximate surface area is 193 Å². The number of aryl methyl sites for hydroxylation is 3. The van der Waals surface area contributed by atoms with Crippen LogP contribution >= 0.6 is 11.6 Å². The van der Waals surface area contributed by atoms with Crippen LogP contribution < -0.4 is 4.74 Å². The van der Waals surface area contributed by atoms with Gasteiger partial charge in [0.1, 0.15) is 5.75 Å². The number of carbonyl (C=O) groups is 1. The van der Waals surface area contributed by atoms with Gasteiger partial charge in [-0.05, 0) is 67.1 Å². The fourth-order valence-electron chi connectivity index (χ4n) is 4.19. The van der Waals surface area contributed by atoms with Gasteiger partial charge in [0.25, 0.3) is 0 Å². The van der Waals surface area contributed by atoms with Crippen LogP contribution in [0.1, 0.15) is 34.7 Å². The van der Waals surface area contributed by atoms with E-state index in [0.717, 1.165) is 56.8 Å². The largest absolute Gasteiger partial charge is 0.494 e. The fourth-order valence-corrected chi connectivity index (χ4v) is 4.30. The van der Waals surface area contributed by atoms with Gasteiger partial charge in [-0.15, -0.1) is 0 Å². The number of aliphatic carboxylic acids is 1. The summed E-state index contributed by atoms with van der Waals surface area (Å²) < 4.78 is 7.83. The second kappa shape index (κ2) is 9.49. The van der Waals surface area contributed by atoms with Crippen LogP contribution in [0.25, 0.3) is 10.9 Å². The Balaban J connectivity index is 1.55. The number of hydrogen-bond donors (Lipinski definition) is 1. The molecule has 0 aliphatic rings. The normalized spacial score (nSPS) is 12.1. The Morgan fingerprint density at radius 1 is 1.03 bits per heavy atom. The standard InChI is InChI=1S/C27H26ClNO3/c1-18-15-22(16-19(2)25(18)28)32-14-8-11-21-17-29(24-13-7-6-12-23(21)24)26(27(30)31)20-9-4-3-5-10-20/h3-7,9-10,12-13,15-17,26H,8,11,14H2,1-2H3,(H,30,31). The van der Waals surface area contributed by atoms with Crippen molar-refractivity contribution < 1.29 is 14.6 Å². The predicted molar refractivity (Wildman–Crippen MR) is 129 cm³/mol. The highest BCUT2D eigenvalue weighted by molar-refractivity contribution is 6.32. The minimum Gasteiger partial charge on any atom is -0.494 e. The van der Waals surface area contributed by atoms with Gasteiger partial charge in [0, 0.05) is 22.1 Å². The van der Waals surface area contributed by atoms with Crippen molar-refractivity contribution in [3.8, 4) is 5.75 Å². The van der Waals surface area contributed by atoms with Crippen LogP contribution in [0.2, 0.25) is 5.02 Å². The summed E-state index contributed by atoms with van der Waals surface area (Å²) in [6, 6.07) is 20.5. The third-order valence-electron chi connectivity index (χ3n) is 5.72. The second-order valence-corrected chi connectivity index (χ2v) is 8.43. The van der Waals surface area contributed by atoms with Crippen molar-refractivity contribution in [1.82, 2.24) is 4.57 Å². The molecule has 164 valence electrons. The molecule has 0 radical (unpaired) electrons. The lowest BCUT2D eigenvalue weighted by Gasteiger charge is -2.16. The molecule has 4 rings (SSSR count). The predicted octanol–water partition coefficient (Wildman–Crippen LogP) is 6.60. The molecule has 1 aromatic heterocycles. The summed E-state index contributed by atoms with van der Waals surface area (Å²) in [5.74, 6) is -0.0536. The fraction of sp³-hybridized carbons (Fsp3) is 0.222. The third kappa shape index (κ3) is 4.51. The van der Waals surface area contributed by atoms with Crippen LogP contribution in [-0.2, 0) is 11.2 Å². The van der Waals surface area contributed by atoms with E-state index < -0.39 is 12.0 Å². The molecule has 0 aliphatic heterocycles. The van der Waals surface area contributed by atoms with E-state index in [1.54, 1.807) is 0 Å². The summed E-state index contributed by atoms with van der Waals surface area (Å²) in [6.45, 7) is 4.52. The van der Waals surface area contributed by atoms with E-state index >= 15 is 0 Å². The number of rotatable bonds is 8. The maximum Gasteiger partial charge on any atom is 0.331 e. The van der Waals surface area contributed by atoms with Gasteiger partial charge in [0.05, 0.1) is 6.61 Å². The molecule has 0 aliphatic carbocycles. The maximum atomic E-state index is 12.2. The summed E-state index contributed by atoms with van der Waals surface area (Å²) >= 11 is 6.24. The van der Waals surface area contributed by atoms with E-state index in [9.17, 15) is 9.90 Å². The zero-order chi connectivity index (χ0) is 22.7. The molecule has 1 heterocycles. The van der Waals surface area contributed by atoms with Gasteiger partial charge in [0.15, 0.2) is 6.04 Å². The van der Waals surface area contributed by atoms with Gasteiger partial charge < -0.3 is 14.4 Å². The highest BCUT2D eigenvalue weighted by Crippen LogP contribution is 2.30. The molecule has 1 unspecified atom stereocenters. The van der Waals surface area contributed by atoms with Gasteiger partial charge in [-0.2, -0.15) is 0 Å². The molecule has 1 N–H and O–H groups in total. The van der Waals surface area contributed by atoms with Crippen LogP contribution in [0.5, 0.6) is 5.75 Å². The highest BCUT2D eigenvalue weighted by atomic mass is 35.5. The number of ether oxygens (including phenoxy) is 1. The Hall–Kier alpha value is -3.24. The summed E-state index contributed by atoms with van der Waals surface area (Å²) in [5.41, 5.74) is 4.80. The molecular weight excluding hydrogens is 422 g/mol. The number of fused-ring (bicyclic) bond motifs is 1. The number of hydrogen-bond acceptors (Lipinski definition) is 2. The first-order valence-corrected chi connectivity index (χ1v) is 11.1. The minimum absolute atomic E-state index is 0.570. The van der Waals surface area contributed by atoms with Crippen LogP contribution in [0, 0.1) is 13.8 Å². The SMILES string of the molecule is Cc1cc(OCCCc2cn(C(C(=O)O)c3ccccc3)c3ccccc23)cc(C)c1Cl. The van der Waals surface area contributed by atoms with E-state index in [1.165, 1.54) is 0 Å². The highest BCUT2D eigenvalue weighted by Gasteiger charge is 2.24. The monoisotopic (exact) mass is 447 g/mol. The summed E-state index contributed by atoms with van der Waals surface area (Å²) in [5, 5.41) is 11.9.